The van der Waals surface area contributed by atoms with Crippen molar-refractivity contribution in [1.29, 1.82) is 0 Å². The minimum atomic E-state index is -3.41. The average Bonchev–Trinajstić information content (AvgIpc) is 2.87. The van der Waals surface area contributed by atoms with Crippen LogP contribution in [0.5, 0.6) is 0 Å². The van der Waals surface area contributed by atoms with Crippen LogP contribution in [0.4, 0.5) is 17.1 Å². The molecule has 0 spiro atoms. The number of anilines is 1. The van der Waals surface area contributed by atoms with E-state index in [0.29, 0.717) is 40.7 Å². The zero-order valence-electron chi connectivity index (χ0n) is 22.4. The van der Waals surface area contributed by atoms with Crippen molar-refractivity contribution in [2.75, 3.05) is 18.2 Å². The molecule has 3 heterocycles. The van der Waals surface area contributed by atoms with E-state index >= 15 is 0 Å². The number of nitro groups is 2. The molecule has 3 rings (SSSR count). The second-order valence-electron chi connectivity index (χ2n) is 8.13. The first kappa shape index (κ1) is 34.5. The summed E-state index contributed by atoms with van der Waals surface area (Å²) in [6.07, 6.45) is 7.51. The fraction of sp³-hybridized carbons (Fsp3) is 0.348. The first-order valence-corrected chi connectivity index (χ1v) is 16.1. The van der Waals surface area contributed by atoms with E-state index in [-0.39, 0.29) is 21.4 Å². The summed E-state index contributed by atoms with van der Waals surface area (Å²) in [4.78, 5) is 31.1. The molecule has 17 heteroatoms. The number of sulfone groups is 2. The fourth-order valence-corrected chi connectivity index (χ4v) is 4.60. The molecule has 0 amide bonds. The van der Waals surface area contributed by atoms with Gasteiger partial charge in [0.15, 0.2) is 29.7 Å². The van der Waals surface area contributed by atoms with Crippen LogP contribution in [0.2, 0.25) is 0 Å². The van der Waals surface area contributed by atoms with Crippen LogP contribution in [0.1, 0.15) is 37.5 Å². The van der Waals surface area contributed by atoms with E-state index in [4.69, 9.17) is 5.73 Å². The van der Waals surface area contributed by atoms with Gasteiger partial charge in [-0.3, -0.25) is 20.2 Å². The maximum Gasteiger partial charge on any atom is 0.290 e. The third-order valence-corrected chi connectivity index (χ3v) is 7.57. The van der Waals surface area contributed by atoms with Gasteiger partial charge in [-0.05, 0) is 59.0 Å². The van der Waals surface area contributed by atoms with Crippen LogP contribution >= 0.6 is 15.9 Å². The van der Waals surface area contributed by atoms with Gasteiger partial charge in [0.2, 0.25) is 0 Å². The number of rotatable bonds is 7. The first-order chi connectivity index (χ1) is 18.5. The van der Waals surface area contributed by atoms with Crippen molar-refractivity contribution in [2.45, 2.75) is 50.1 Å². The molecule has 218 valence electrons. The number of nitrogens with zero attached hydrogens (tertiary/aromatic N) is 5. The SMILES string of the molecule is CCc1cc(Br)ncc1[N+](=O)[O-].CCc1cc(S(C)(=O)=O)ncc1N.CCc1cc(S(C)(=O)=O)ncc1[N+](=O)[O-]. The Bertz CT molecular complexity index is 1600. The molecule has 3 aromatic rings. The number of nitrogens with two attached hydrogens (primary N) is 1. The van der Waals surface area contributed by atoms with Gasteiger partial charge < -0.3 is 5.73 Å². The number of nitrogen functional groups attached to an aromatic ring is 1. The number of halogens is 1. The van der Waals surface area contributed by atoms with Crippen LogP contribution in [0.3, 0.4) is 0 Å². The van der Waals surface area contributed by atoms with Gasteiger partial charge in [0, 0.05) is 23.6 Å². The first-order valence-electron chi connectivity index (χ1n) is 11.5. The number of hydrogen-bond acceptors (Lipinski definition) is 12. The molecular formula is C23H29BrN6O8S2. The molecule has 0 fully saturated rings. The second kappa shape index (κ2) is 14.7. The lowest BCUT2D eigenvalue weighted by molar-refractivity contribution is -0.386. The van der Waals surface area contributed by atoms with Crippen molar-refractivity contribution in [1.82, 2.24) is 15.0 Å². The topological polar surface area (TPSA) is 219 Å². The van der Waals surface area contributed by atoms with E-state index in [2.05, 4.69) is 30.9 Å². The lowest BCUT2D eigenvalue weighted by Gasteiger charge is -2.03. The fourth-order valence-electron chi connectivity index (χ4n) is 3.02. The van der Waals surface area contributed by atoms with Crippen molar-refractivity contribution in [2.24, 2.45) is 0 Å². The van der Waals surface area contributed by atoms with Gasteiger partial charge in [-0.1, -0.05) is 20.8 Å². The van der Waals surface area contributed by atoms with Crippen molar-refractivity contribution in [3.63, 3.8) is 0 Å². The summed E-state index contributed by atoms with van der Waals surface area (Å²) in [6.45, 7) is 5.50. The van der Waals surface area contributed by atoms with Crippen LogP contribution < -0.4 is 5.73 Å². The second-order valence-corrected chi connectivity index (χ2v) is 12.9. The molecule has 0 saturated heterocycles. The van der Waals surface area contributed by atoms with Gasteiger partial charge in [0.25, 0.3) is 11.4 Å². The Morgan fingerprint density at radius 3 is 1.50 bits per heavy atom. The van der Waals surface area contributed by atoms with Gasteiger partial charge in [-0.25, -0.2) is 31.8 Å². The molecule has 0 aromatic carbocycles. The Morgan fingerprint density at radius 1 is 0.725 bits per heavy atom. The monoisotopic (exact) mass is 660 g/mol. The Balaban J connectivity index is 0.000000302. The number of aryl methyl sites for hydroxylation is 3. The maximum atomic E-state index is 11.1. The minimum Gasteiger partial charge on any atom is -0.397 e. The largest absolute Gasteiger partial charge is 0.397 e. The summed E-state index contributed by atoms with van der Waals surface area (Å²) in [5.74, 6) is 0. The van der Waals surface area contributed by atoms with Gasteiger partial charge >= 0.3 is 0 Å². The van der Waals surface area contributed by atoms with Crippen LogP contribution in [-0.4, -0.2) is 54.1 Å². The molecule has 0 aliphatic rings. The summed E-state index contributed by atoms with van der Waals surface area (Å²) in [7, 11) is -6.63. The molecule has 0 aliphatic heterocycles. The number of hydrogen-bond donors (Lipinski definition) is 1. The van der Waals surface area contributed by atoms with Crippen LogP contribution in [0, 0.1) is 20.2 Å². The molecule has 2 N–H and O–H groups in total. The van der Waals surface area contributed by atoms with Gasteiger partial charge in [0.05, 0.1) is 21.7 Å². The molecule has 0 atom stereocenters. The number of aromatic nitrogens is 3. The molecule has 0 unspecified atom stereocenters. The highest BCUT2D eigenvalue weighted by atomic mass is 79.9. The normalized spacial score (nSPS) is 10.9. The summed E-state index contributed by atoms with van der Waals surface area (Å²) < 4.78 is 45.1. The van der Waals surface area contributed by atoms with Crippen LogP contribution in [-0.2, 0) is 38.9 Å². The van der Waals surface area contributed by atoms with E-state index in [1.165, 1.54) is 24.5 Å². The third-order valence-electron chi connectivity index (χ3n) is 5.17. The minimum absolute atomic E-state index is 0.0820. The molecular weight excluding hydrogens is 632 g/mol. The lowest BCUT2D eigenvalue weighted by atomic mass is 10.2. The predicted octanol–water partition coefficient (Wildman–Crippen LogP) is 3.90. The van der Waals surface area contributed by atoms with Gasteiger partial charge in [-0.2, -0.15) is 0 Å². The Labute approximate surface area is 240 Å². The third kappa shape index (κ3) is 10.2. The smallest absolute Gasteiger partial charge is 0.290 e. The molecule has 0 saturated carbocycles. The Hall–Kier alpha value is -3.57. The molecule has 14 nitrogen and oxygen atoms in total. The summed E-state index contributed by atoms with van der Waals surface area (Å²) in [5, 5.41) is 20.9. The van der Waals surface area contributed by atoms with Crippen molar-refractivity contribution in [3.05, 3.63) is 78.3 Å². The van der Waals surface area contributed by atoms with Gasteiger partial charge in [0.1, 0.15) is 17.0 Å². The Kier molecular flexibility index (Phi) is 12.7. The molecule has 40 heavy (non-hydrogen) atoms. The average molecular weight is 662 g/mol. The summed E-state index contributed by atoms with van der Waals surface area (Å²) in [6, 6.07) is 4.43. The Morgan fingerprint density at radius 2 is 1.10 bits per heavy atom. The van der Waals surface area contributed by atoms with E-state index in [1.54, 1.807) is 13.0 Å². The number of pyridine rings is 3. The highest BCUT2D eigenvalue weighted by Crippen LogP contribution is 2.21. The van der Waals surface area contributed by atoms with E-state index in [0.717, 1.165) is 24.3 Å². The van der Waals surface area contributed by atoms with Crippen LogP contribution in [0.15, 0.2) is 51.4 Å². The zero-order chi connectivity index (χ0) is 30.8. The standard InChI is InChI=1S/C8H10N2O4S.C8H12N2O2S.C7H7BrN2O2/c1-3-6-4-8(15(2,13)14)9-5-7(6)10(11)12;1-3-6-4-8(13(2,11)12)10-5-7(6)9;1-2-5-3-7(8)9-4-6(5)10(11)12/h4-5H,3H2,1-2H3;4-5H,3,9H2,1-2H3;3-4H,2H2,1H3. The van der Waals surface area contributed by atoms with Crippen molar-refractivity contribution in [3.8, 4) is 0 Å². The lowest BCUT2D eigenvalue weighted by Crippen LogP contribution is -2.04. The van der Waals surface area contributed by atoms with Gasteiger partial charge in [-0.15, -0.1) is 0 Å². The molecule has 0 aliphatic carbocycles. The van der Waals surface area contributed by atoms with Crippen molar-refractivity contribution < 1.29 is 26.7 Å². The summed E-state index contributed by atoms with van der Waals surface area (Å²) in [5.41, 5.74) is 7.94. The quantitative estimate of drug-likeness (QED) is 0.216. The maximum absolute atomic E-state index is 11.1. The predicted molar refractivity (Wildman–Crippen MR) is 152 cm³/mol. The molecule has 0 radical (unpaired) electrons. The molecule has 3 aromatic heterocycles. The zero-order valence-corrected chi connectivity index (χ0v) is 25.6. The van der Waals surface area contributed by atoms with E-state index < -0.39 is 29.5 Å². The van der Waals surface area contributed by atoms with E-state index in [9.17, 15) is 37.1 Å². The summed E-state index contributed by atoms with van der Waals surface area (Å²) >= 11 is 3.15. The molecule has 0 bridgehead atoms. The van der Waals surface area contributed by atoms with Crippen LogP contribution in [0.25, 0.3) is 0 Å². The highest BCUT2D eigenvalue weighted by molar-refractivity contribution is 9.10. The highest BCUT2D eigenvalue weighted by Gasteiger charge is 2.18. The van der Waals surface area contributed by atoms with E-state index in [1.807, 2.05) is 13.8 Å². The van der Waals surface area contributed by atoms with Crippen molar-refractivity contribution >= 4 is 52.7 Å².